The first kappa shape index (κ1) is 15.5. The Morgan fingerprint density at radius 1 is 0.917 bits per heavy atom. The number of hydrogen-bond acceptors (Lipinski definition) is 5. The number of rotatable bonds is 3. The van der Waals surface area contributed by atoms with E-state index in [1.807, 2.05) is 0 Å². The summed E-state index contributed by atoms with van der Waals surface area (Å²) in [4.78, 5) is 38.7. The molecule has 0 saturated carbocycles. The van der Waals surface area contributed by atoms with Crippen LogP contribution in [-0.2, 0) is 4.74 Å². The first-order valence-corrected chi connectivity index (χ1v) is 7.12. The number of H-pyrrole nitrogens is 1. The molecule has 6 nitrogen and oxygen atoms in total. The van der Waals surface area contributed by atoms with Crippen LogP contribution in [-0.4, -0.2) is 24.0 Å². The molecule has 0 spiro atoms. The highest BCUT2D eigenvalue weighted by atomic mass is 16.5. The number of esters is 2. The lowest BCUT2D eigenvalue weighted by Gasteiger charge is -2.09. The fourth-order valence-corrected chi connectivity index (χ4v) is 2.36. The highest BCUT2D eigenvalue weighted by molar-refractivity contribution is 6.04. The third-order valence-electron chi connectivity index (χ3n) is 3.47. The summed E-state index contributed by atoms with van der Waals surface area (Å²) in [6.45, 7) is 0. The summed E-state index contributed by atoms with van der Waals surface area (Å²) in [6.07, 6.45) is 0. The lowest BCUT2D eigenvalue weighted by Crippen LogP contribution is -2.16. The number of pyridine rings is 1. The van der Waals surface area contributed by atoms with Gasteiger partial charge in [0, 0.05) is 17.0 Å². The zero-order chi connectivity index (χ0) is 17.1. The van der Waals surface area contributed by atoms with Crippen molar-refractivity contribution in [2.45, 2.75) is 0 Å². The summed E-state index contributed by atoms with van der Waals surface area (Å²) < 4.78 is 9.99. The van der Waals surface area contributed by atoms with Gasteiger partial charge in [-0.1, -0.05) is 30.3 Å². The number of benzene rings is 2. The highest BCUT2D eigenvalue weighted by Gasteiger charge is 2.18. The number of ether oxygens (including phenoxy) is 2. The van der Waals surface area contributed by atoms with Crippen molar-refractivity contribution in [3.05, 3.63) is 76.1 Å². The zero-order valence-electron chi connectivity index (χ0n) is 12.7. The predicted molar refractivity (Wildman–Crippen MR) is 87.3 cm³/mol. The molecular weight excluding hydrogens is 310 g/mol. The molecule has 6 heteroatoms. The molecule has 24 heavy (non-hydrogen) atoms. The number of carbonyl (C=O) groups is 2. The minimum Gasteiger partial charge on any atom is -0.465 e. The third-order valence-corrected chi connectivity index (χ3v) is 3.47. The minimum absolute atomic E-state index is 0.0683. The van der Waals surface area contributed by atoms with Crippen LogP contribution in [0.5, 0.6) is 5.75 Å². The van der Waals surface area contributed by atoms with Crippen LogP contribution in [0.15, 0.2) is 59.4 Å². The molecule has 0 aliphatic heterocycles. The monoisotopic (exact) mass is 323 g/mol. The quantitative estimate of drug-likeness (QED) is 0.591. The number of fused-ring (bicyclic) bond motifs is 1. The van der Waals surface area contributed by atoms with Gasteiger partial charge in [0.05, 0.1) is 12.7 Å². The average molecular weight is 323 g/mol. The van der Waals surface area contributed by atoms with E-state index in [4.69, 9.17) is 4.74 Å². The van der Waals surface area contributed by atoms with Gasteiger partial charge in [-0.2, -0.15) is 0 Å². The lowest BCUT2D eigenvalue weighted by atomic mass is 10.1. The molecular formula is C18H13NO5. The van der Waals surface area contributed by atoms with E-state index in [9.17, 15) is 14.4 Å². The van der Waals surface area contributed by atoms with Crippen molar-refractivity contribution in [3.63, 3.8) is 0 Å². The number of aromatic amines is 1. The molecule has 1 N–H and O–H groups in total. The summed E-state index contributed by atoms with van der Waals surface area (Å²) in [5.74, 6) is -1.28. The first-order valence-electron chi connectivity index (χ1n) is 7.12. The van der Waals surface area contributed by atoms with Crippen molar-refractivity contribution in [3.8, 4) is 5.75 Å². The van der Waals surface area contributed by atoms with Gasteiger partial charge >= 0.3 is 11.9 Å². The number of carbonyl (C=O) groups excluding carboxylic acids is 2. The summed E-state index contributed by atoms with van der Waals surface area (Å²) in [6, 6.07) is 14.3. The molecule has 0 amide bonds. The van der Waals surface area contributed by atoms with E-state index >= 15 is 0 Å². The first-order chi connectivity index (χ1) is 11.6. The molecule has 0 atom stereocenters. The molecule has 120 valence electrons. The zero-order valence-corrected chi connectivity index (χ0v) is 12.7. The Morgan fingerprint density at radius 3 is 2.42 bits per heavy atom. The van der Waals surface area contributed by atoms with E-state index in [1.165, 1.54) is 25.3 Å². The molecule has 0 unspecified atom stereocenters. The van der Waals surface area contributed by atoms with Crippen molar-refractivity contribution < 1.29 is 19.1 Å². The smallest absolute Gasteiger partial charge is 0.344 e. The second kappa shape index (κ2) is 6.37. The molecule has 0 saturated heterocycles. The number of nitrogens with one attached hydrogen (secondary N) is 1. The van der Waals surface area contributed by atoms with Crippen LogP contribution in [0.4, 0.5) is 0 Å². The minimum atomic E-state index is -0.728. The molecule has 0 aliphatic carbocycles. The Labute approximate surface area is 136 Å². The molecule has 0 bridgehead atoms. The van der Waals surface area contributed by atoms with Gasteiger partial charge in [0.1, 0.15) is 11.3 Å². The van der Waals surface area contributed by atoms with Crippen molar-refractivity contribution in [1.29, 1.82) is 0 Å². The fraction of sp³-hybridized carbons (Fsp3) is 0.0556. The van der Waals surface area contributed by atoms with Crippen LogP contribution < -0.4 is 10.3 Å². The Kier molecular flexibility index (Phi) is 4.11. The largest absolute Gasteiger partial charge is 0.465 e. The van der Waals surface area contributed by atoms with Crippen LogP contribution in [0.2, 0.25) is 0 Å². The van der Waals surface area contributed by atoms with Crippen LogP contribution in [0.3, 0.4) is 0 Å². The maximum atomic E-state index is 12.5. The van der Waals surface area contributed by atoms with Gasteiger partial charge in [-0.15, -0.1) is 0 Å². The maximum Gasteiger partial charge on any atom is 0.344 e. The van der Waals surface area contributed by atoms with Gasteiger partial charge in [0.2, 0.25) is 5.56 Å². The van der Waals surface area contributed by atoms with E-state index in [0.29, 0.717) is 10.9 Å². The van der Waals surface area contributed by atoms with Crippen LogP contribution in [0, 0.1) is 0 Å². The highest BCUT2D eigenvalue weighted by Crippen LogP contribution is 2.22. The van der Waals surface area contributed by atoms with Crippen molar-refractivity contribution in [1.82, 2.24) is 4.98 Å². The van der Waals surface area contributed by atoms with Gasteiger partial charge in [0.15, 0.2) is 0 Å². The standard InChI is InChI=1S/C18H13NO5/c1-23-17(21)12-7-3-5-9-15(12)24-18(22)13-10-16(20)19-14-8-4-2-6-11(13)14/h2-10H,1H3,(H,19,20). The van der Waals surface area contributed by atoms with Crippen molar-refractivity contribution >= 4 is 22.8 Å². The van der Waals surface area contributed by atoms with Gasteiger partial charge in [-0.25, -0.2) is 9.59 Å². The normalized spacial score (nSPS) is 10.4. The Balaban J connectivity index is 2.03. The Morgan fingerprint density at radius 2 is 1.62 bits per heavy atom. The maximum absolute atomic E-state index is 12.5. The van der Waals surface area contributed by atoms with E-state index in [2.05, 4.69) is 9.72 Å². The summed E-state index contributed by atoms with van der Waals surface area (Å²) in [5.41, 5.74) is 0.358. The van der Waals surface area contributed by atoms with E-state index in [1.54, 1.807) is 36.4 Å². The SMILES string of the molecule is COC(=O)c1ccccc1OC(=O)c1cc(=O)[nH]c2ccccc12. The number of methoxy groups -OCH3 is 1. The Hall–Kier alpha value is -3.41. The number of para-hydroxylation sites is 2. The van der Waals surface area contributed by atoms with Crippen molar-refractivity contribution in [2.24, 2.45) is 0 Å². The second-order valence-electron chi connectivity index (χ2n) is 4.97. The predicted octanol–water partition coefficient (Wildman–Crippen LogP) is 2.53. The molecule has 2 aromatic carbocycles. The van der Waals surface area contributed by atoms with E-state index in [-0.39, 0.29) is 16.9 Å². The topological polar surface area (TPSA) is 85.5 Å². The third kappa shape index (κ3) is 2.89. The van der Waals surface area contributed by atoms with Crippen LogP contribution >= 0.6 is 0 Å². The second-order valence-corrected chi connectivity index (χ2v) is 4.97. The molecule has 0 aliphatic rings. The number of hydrogen-bond donors (Lipinski definition) is 1. The molecule has 1 heterocycles. The summed E-state index contributed by atoms with van der Waals surface area (Å²) in [7, 11) is 1.24. The number of aromatic nitrogens is 1. The molecule has 0 radical (unpaired) electrons. The lowest BCUT2D eigenvalue weighted by molar-refractivity contribution is 0.0593. The molecule has 1 aromatic heterocycles. The van der Waals surface area contributed by atoms with Crippen molar-refractivity contribution in [2.75, 3.05) is 7.11 Å². The Bertz CT molecular complexity index is 990. The van der Waals surface area contributed by atoms with Crippen LogP contribution in [0.25, 0.3) is 10.9 Å². The molecule has 3 aromatic rings. The average Bonchev–Trinajstić information content (AvgIpc) is 2.60. The summed E-state index contributed by atoms with van der Waals surface area (Å²) >= 11 is 0. The van der Waals surface area contributed by atoms with Gasteiger partial charge in [0.25, 0.3) is 0 Å². The van der Waals surface area contributed by atoms with Crippen LogP contribution in [0.1, 0.15) is 20.7 Å². The molecule has 3 rings (SSSR count). The summed E-state index contributed by atoms with van der Waals surface area (Å²) in [5, 5.41) is 0.553. The van der Waals surface area contributed by atoms with E-state index < -0.39 is 17.5 Å². The van der Waals surface area contributed by atoms with Gasteiger partial charge in [-0.3, -0.25) is 4.79 Å². The van der Waals surface area contributed by atoms with E-state index in [0.717, 1.165) is 0 Å². The fourth-order valence-electron chi connectivity index (χ4n) is 2.36. The molecule has 0 fully saturated rings. The van der Waals surface area contributed by atoms with Gasteiger partial charge in [-0.05, 0) is 18.2 Å². The van der Waals surface area contributed by atoms with Gasteiger partial charge < -0.3 is 14.5 Å².